The van der Waals surface area contributed by atoms with Crippen molar-refractivity contribution in [3.05, 3.63) is 157 Å². The van der Waals surface area contributed by atoms with E-state index in [1.165, 1.54) is 97.0 Å². The molecule has 8 aromatic carbocycles. The van der Waals surface area contributed by atoms with Crippen molar-refractivity contribution in [2.75, 3.05) is 0 Å². The fourth-order valence-electron chi connectivity index (χ4n) is 8.50. The van der Waals surface area contributed by atoms with Gasteiger partial charge in [0.05, 0.1) is 0 Å². The summed E-state index contributed by atoms with van der Waals surface area (Å²) in [6.07, 6.45) is 0. The molecule has 0 saturated carbocycles. The van der Waals surface area contributed by atoms with Gasteiger partial charge in [-0.2, -0.15) is 0 Å². The molecule has 0 amide bonds. The number of hydrogen-bond donors (Lipinski definition) is 0. The number of hydrogen-bond acceptors (Lipinski definition) is 1. The van der Waals surface area contributed by atoms with E-state index in [0.29, 0.717) is 0 Å². The molecule has 1 heterocycles. The first-order valence-corrected chi connectivity index (χ1v) is 16.9. The molecule has 1 aliphatic carbocycles. The molecule has 1 aromatic heterocycles. The summed E-state index contributed by atoms with van der Waals surface area (Å²) in [5, 5.41) is 10.6. The van der Waals surface area contributed by atoms with Crippen LogP contribution in [0.15, 0.2) is 146 Å². The van der Waals surface area contributed by atoms with Crippen LogP contribution in [0.3, 0.4) is 0 Å². The monoisotopic (exact) mass is 602 g/mol. The highest BCUT2D eigenvalue weighted by Crippen LogP contribution is 2.57. The van der Waals surface area contributed by atoms with E-state index >= 15 is 0 Å². The first-order valence-electron chi connectivity index (χ1n) is 16.1. The van der Waals surface area contributed by atoms with Crippen LogP contribution in [0, 0.1) is 0 Å². The van der Waals surface area contributed by atoms with Gasteiger partial charge < -0.3 is 0 Å². The van der Waals surface area contributed by atoms with E-state index in [1.807, 2.05) is 11.3 Å². The van der Waals surface area contributed by atoms with E-state index < -0.39 is 0 Å². The lowest BCUT2D eigenvalue weighted by atomic mass is 9.76. The van der Waals surface area contributed by atoms with Gasteiger partial charge in [-0.05, 0) is 83.6 Å². The van der Waals surface area contributed by atoms with Gasteiger partial charge >= 0.3 is 0 Å². The zero-order chi connectivity index (χ0) is 30.6. The Balaban J connectivity index is 1.45. The third-order valence-electron chi connectivity index (χ3n) is 10.4. The predicted octanol–water partition coefficient (Wildman–Crippen LogP) is 13.2. The Bertz CT molecular complexity index is 2650. The fraction of sp³-hybridized carbons (Fsp3) is 0.0667. The molecular weight excluding hydrogens is 573 g/mol. The second-order valence-electron chi connectivity index (χ2n) is 13.2. The third kappa shape index (κ3) is 3.39. The first kappa shape index (κ1) is 26.0. The van der Waals surface area contributed by atoms with Crippen LogP contribution in [0.5, 0.6) is 0 Å². The van der Waals surface area contributed by atoms with Crippen molar-refractivity contribution in [3.8, 4) is 33.4 Å². The van der Waals surface area contributed by atoms with Crippen molar-refractivity contribution in [2.24, 2.45) is 0 Å². The molecule has 0 radical (unpaired) electrons. The van der Waals surface area contributed by atoms with Crippen LogP contribution in [0.4, 0.5) is 0 Å². The molecule has 0 saturated heterocycles. The molecule has 9 aromatic rings. The molecule has 0 spiro atoms. The number of rotatable bonds is 2. The van der Waals surface area contributed by atoms with Crippen LogP contribution in [-0.2, 0) is 5.41 Å². The summed E-state index contributed by atoms with van der Waals surface area (Å²) in [4.78, 5) is 0. The Kier molecular flexibility index (Phi) is 5.31. The molecule has 0 N–H and O–H groups in total. The largest absolute Gasteiger partial charge is 0.135 e. The molecule has 0 nitrogen and oxygen atoms in total. The van der Waals surface area contributed by atoms with E-state index in [4.69, 9.17) is 0 Å². The Morgan fingerprint density at radius 1 is 0.413 bits per heavy atom. The van der Waals surface area contributed by atoms with Gasteiger partial charge in [0.2, 0.25) is 0 Å². The Labute approximate surface area is 272 Å². The Morgan fingerprint density at radius 2 is 0.957 bits per heavy atom. The minimum Gasteiger partial charge on any atom is -0.135 e. The normalized spacial score (nSPS) is 13.6. The van der Waals surface area contributed by atoms with Gasteiger partial charge in [-0.25, -0.2) is 0 Å². The average molecular weight is 603 g/mol. The van der Waals surface area contributed by atoms with Crippen LogP contribution in [-0.4, -0.2) is 0 Å². The van der Waals surface area contributed by atoms with E-state index in [1.54, 1.807) is 0 Å². The first-order chi connectivity index (χ1) is 22.6. The van der Waals surface area contributed by atoms with Gasteiger partial charge in [-0.15, -0.1) is 11.3 Å². The lowest BCUT2D eigenvalue weighted by Gasteiger charge is -2.27. The summed E-state index contributed by atoms with van der Waals surface area (Å²) in [6.45, 7) is 4.85. The molecule has 0 bridgehead atoms. The topological polar surface area (TPSA) is 0 Å². The maximum absolute atomic E-state index is 2.55. The predicted molar refractivity (Wildman–Crippen MR) is 200 cm³/mol. The van der Waals surface area contributed by atoms with Crippen molar-refractivity contribution in [2.45, 2.75) is 19.3 Å². The van der Waals surface area contributed by atoms with Gasteiger partial charge in [-0.1, -0.05) is 147 Å². The summed E-state index contributed by atoms with van der Waals surface area (Å²) in [6, 6.07) is 54.3. The smallest absolute Gasteiger partial charge is 0.0434 e. The van der Waals surface area contributed by atoms with E-state index in [2.05, 4.69) is 159 Å². The second kappa shape index (κ2) is 9.39. The molecule has 0 fully saturated rings. The van der Waals surface area contributed by atoms with Crippen LogP contribution in [0.25, 0.3) is 85.9 Å². The van der Waals surface area contributed by atoms with Crippen molar-refractivity contribution < 1.29 is 0 Å². The van der Waals surface area contributed by atoms with Crippen molar-refractivity contribution in [3.63, 3.8) is 0 Å². The molecule has 1 aliphatic rings. The highest BCUT2D eigenvalue weighted by molar-refractivity contribution is 7.26. The summed E-state index contributed by atoms with van der Waals surface area (Å²) >= 11 is 1.93. The van der Waals surface area contributed by atoms with Gasteiger partial charge in [0, 0.05) is 31.0 Å². The maximum atomic E-state index is 2.55. The molecule has 10 rings (SSSR count). The van der Waals surface area contributed by atoms with Crippen LogP contribution in [0.1, 0.15) is 25.0 Å². The van der Waals surface area contributed by atoms with Crippen LogP contribution in [0.2, 0.25) is 0 Å². The zero-order valence-corrected chi connectivity index (χ0v) is 26.6. The van der Waals surface area contributed by atoms with Gasteiger partial charge in [0.15, 0.2) is 0 Å². The maximum Gasteiger partial charge on any atom is 0.0434 e. The highest BCUT2D eigenvalue weighted by atomic mass is 32.1. The number of thiophene rings is 1. The van der Waals surface area contributed by atoms with Crippen molar-refractivity contribution in [1.82, 2.24) is 0 Å². The molecular formula is C45H30S. The standard InChI is InChI=1S/C45H30S/c1-45(2)38-22-12-10-21-35(38)42-33-24-25-34-28-16-11-13-23-39(28)46-44(34)36(33)26-37(43(42)45)41-31-19-8-6-17-29(31)40(27-14-4-3-5-15-27)30-18-7-9-20-32(30)41/h3-26H,1-2H3. The van der Waals surface area contributed by atoms with Gasteiger partial charge in [-0.3, -0.25) is 0 Å². The Morgan fingerprint density at radius 3 is 1.67 bits per heavy atom. The van der Waals surface area contributed by atoms with E-state index in [0.717, 1.165) is 0 Å². The van der Waals surface area contributed by atoms with Crippen LogP contribution < -0.4 is 0 Å². The molecule has 0 atom stereocenters. The minimum atomic E-state index is -0.162. The number of benzene rings is 8. The lowest BCUT2D eigenvalue weighted by molar-refractivity contribution is 0.662. The lowest BCUT2D eigenvalue weighted by Crippen LogP contribution is -2.16. The van der Waals surface area contributed by atoms with E-state index in [9.17, 15) is 0 Å². The zero-order valence-electron chi connectivity index (χ0n) is 25.8. The highest BCUT2D eigenvalue weighted by Gasteiger charge is 2.39. The number of fused-ring (bicyclic) bond motifs is 11. The summed E-state index contributed by atoms with van der Waals surface area (Å²) < 4.78 is 2.72. The second-order valence-corrected chi connectivity index (χ2v) is 14.2. The molecule has 0 aliphatic heterocycles. The molecule has 216 valence electrons. The molecule has 1 heteroatoms. The van der Waals surface area contributed by atoms with Crippen molar-refractivity contribution in [1.29, 1.82) is 0 Å². The van der Waals surface area contributed by atoms with Crippen molar-refractivity contribution >= 4 is 63.8 Å². The summed E-state index contributed by atoms with van der Waals surface area (Å²) in [5.74, 6) is 0. The third-order valence-corrected chi connectivity index (χ3v) is 11.6. The quantitative estimate of drug-likeness (QED) is 0.173. The molecule has 46 heavy (non-hydrogen) atoms. The van der Waals surface area contributed by atoms with Gasteiger partial charge in [0.1, 0.15) is 0 Å². The SMILES string of the molecule is CC1(C)c2ccccc2-c2c1c(-c1c3ccccc3c(-c3ccccc3)c3ccccc13)cc1c2ccc2c3ccccc3sc12. The van der Waals surface area contributed by atoms with E-state index in [-0.39, 0.29) is 5.41 Å². The fourth-order valence-corrected chi connectivity index (χ4v) is 9.72. The molecule has 0 unspecified atom stereocenters. The minimum absolute atomic E-state index is 0.162. The Hall–Kier alpha value is -5.24. The summed E-state index contributed by atoms with van der Waals surface area (Å²) in [5.41, 5.74) is 10.7. The average Bonchev–Trinajstić information content (AvgIpc) is 3.60. The summed E-state index contributed by atoms with van der Waals surface area (Å²) in [7, 11) is 0. The van der Waals surface area contributed by atoms with Crippen LogP contribution >= 0.6 is 11.3 Å². The van der Waals surface area contributed by atoms with Gasteiger partial charge in [0.25, 0.3) is 0 Å².